The maximum Gasteiger partial charge on any atom is 0.323 e. The molecule has 6 nitrogen and oxygen atoms in total. The van der Waals surface area contributed by atoms with Crippen molar-refractivity contribution in [2.45, 2.75) is 13.1 Å². The van der Waals surface area contributed by atoms with E-state index in [1.54, 1.807) is 42.5 Å². The molecule has 0 saturated heterocycles. The van der Waals surface area contributed by atoms with Crippen molar-refractivity contribution in [3.63, 3.8) is 0 Å². The molecular weight excluding hydrogens is 409 g/mol. The molecule has 0 bridgehead atoms. The third kappa shape index (κ3) is 4.57. The van der Waals surface area contributed by atoms with Gasteiger partial charge < -0.3 is 10.4 Å². The van der Waals surface area contributed by atoms with Gasteiger partial charge in [0.2, 0.25) is 0 Å². The van der Waals surface area contributed by atoms with Gasteiger partial charge >= 0.3 is 5.97 Å². The minimum absolute atomic E-state index is 0.198. The summed E-state index contributed by atoms with van der Waals surface area (Å²) in [4.78, 5) is 28.6. The van der Waals surface area contributed by atoms with E-state index >= 15 is 0 Å². The Hall–Kier alpha value is -4.26. The van der Waals surface area contributed by atoms with Crippen LogP contribution in [0.5, 0.6) is 0 Å². The van der Waals surface area contributed by atoms with Crippen molar-refractivity contribution in [2.75, 3.05) is 5.32 Å². The molecule has 7 heteroatoms. The summed E-state index contributed by atoms with van der Waals surface area (Å²) in [5.74, 6) is -1.13. The molecule has 0 aliphatic carbocycles. The molecule has 0 saturated carbocycles. The minimum atomic E-state index is -1.13. The Morgan fingerprint density at radius 2 is 1.62 bits per heavy atom. The van der Waals surface area contributed by atoms with Gasteiger partial charge in [-0.1, -0.05) is 72.8 Å². The van der Waals surface area contributed by atoms with Crippen LogP contribution in [0, 0.1) is 5.82 Å². The predicted octanol–water partition coefficient (Wildman–Crippen LogP) is 4.41. The van der Waals surface area contributed by atoms with Gasteiger partial charge in [-0.05, 0) is 17.2 Å². The Morgan fingerprint density at radius 3 is 2.31 bits per heavy atom. The highest BCUT2D eigenvalue weighted by Gasteiger charge is 2.14. The van der Waals surface area contributed by atoms with Gasteiger partial charge in [0.25, 0.3) is 5.56 Å². The first-order valence-corrected chi connectivity index (χ1v) is 9.97. The van der Waals surface area contributed by atoms with E-state index in [1.165, 1.54) is 12.3 Å². The number of rotatable bonds is 7. The number of carboxylic acids is 1. The monoisotopic (exact) mass is 429 g/mol. The molecule has 0 spiro atoms. The molecule has 4 aromatic rings. The zero-order valence-electron chi connectivity index (χ0n) is 17.0. The summed E-state index contributed by atoms with van der Waals surface area (Å²) >= 11 is 0. The maximum absolute atomic E-state index is 14.0. The quantitative estimate of drug-likeness (QED) is 0.455. The summed E-state index contributed by atoms with van der Waals surface area (Å²) in [6.07, 6.45) is 1.41. The second-order valence-electron chi connectivity index (χ2n) is 7.18. The van der Waals surface area contributed by atoms with E-state index in [1.807, 2.05) is 30.3 Å². The number of nitrogens with zero attached hydrogens (tertiary/aromatic N) is 2. The molecule has 1 heterocycles. The van der Waals surface area contributed by atoms with Crippen LogP contribution in [0.25, 0.3) is 22.5 Å². The number of hydrogen-bond donors (Lipinski definition) is 2. The molecule has 0 radical (unpaired) electrons. The summed E-state index contributed by atoms with van der Waals surface area (Å²) in [7, 11) is 0. The van der Waals surface area contributed by atoms with Gasteiger partial charge in [0.05, 0.1) is 6.20 Å². The van der Waals surface area contributed by atoms with E-state index in [4.69, 9.17) is 0 Å². The maximum atomic E-state index is 14.0. The average molecular weight is 429 g/mol. The Balaban J connectivity index is 1.56. The highest BCUT2D eigenvalue weighted by atomic mass is 19.1. The van der Waals surface area contributed by atoms with Crippen molar-refractivity contribution in [3.05, 3.63) is 107 Å². The Morgan fingerprint density at radius 1 is 0.938 bits per heavy atom. The lowest BCUT2D eigenvalue weighted by molar-refractivity contribution is -0.137. The SMILES string of the molecule is O=C(O)Cn1c(-c2ccccc2)ncc(NCc2ccc(-c3ccccc3F)cc2)c1=O. The normalized spacial score (nSPS) is 10.7. The summed E-state index contributed by atoms with van der Waals surface area (Å²) in [5, 5.41) is 12.3. The van der Waals surface area contributed by atoms with Crippen molar-refractivity contribution in [1.29, 1.82) is 0 Å². The van der Waals surface area contributed by atoms with Crippen LogP contribution in [-0.4, -0.2) is 20.6 Å². The van der Waals surface area contributed by atoms with Gasteiger partial charge in [0.15, 0.2) is 0 Å². The molecule has 160 valence electrons. The third-order valence-corrected chi connectivity index (χ3v) is 4.99. The summed E-state index contributed by atoms with van der Waals surface area (Å²) in [6, 6.07) is 22.8. The van der Waals surface area contributed by atoms with Crippen LogP contribution in [-0.2, 0) is 17.9 Å². The van der Waals surface area contributed by atoms with Crippen molar-refractivity contribution in [2.24, 2.45) is 0 Å². The number of anilines is 1. The van der Waals surface area contributed by atoms with E-state index in [2.05, 4.69) is 10.3 Å². The predicted molar refractivity (Wildman–Crippen MR) is 121 cm³/mol. The van der Waals surface area contributed by atoms with Gasteiger partial charge in [-0.15, -0.1) is 0 Å². The zero-order chi connectivity index (χ0) is 22.5. The van der Waals surface area contributed by atoms with Crippen LogP contribution >= 0.6 is 0 Å². The fourth-order valence-electron chi connectivity index (χ4n) is 3.41. The van der Waals surface area contributed by atoms with Gasteiger partial charge in [0.1, 0.15) is 23.9 Å². The number of carbonyl (C=O) groups is 1. The summed E-state index contributed by atoms with van der Waals surface area (Å²) < 4.78 is 15.1. The molecule has 0 atom stereocenters. The highest BCUT2D eigenvalue weighted by molar-refractivity contribution is 5.68. The Bertz CT molecular complexity index is 1300. The number of carboxylic acid groups (broad SMARTS) is 1. The molecule has 32 heavy (non-hydrogen) atoms. The van der Waals surface area contributed by atoms with Crippen LogP contribution in [0.2, 0.25) is 0 Å². The second-order valence-corrected chi connectivity index (χ2v) is 7.18. The third-order valence-electron chi connectivity index (χ3n) is 4.99. The number of hydrogen-bond acceptors (Lipinski definition) is 4. The Kier molecular flexibility index (Phi) is 6.07. The lowest BCUT2D eigenvalue weighted by atomic mass is 10.0. The zero-order valence-corrected chi connectivity index (χ0v) is 17.0. The fourth-order valence-corrected chi connectivity index (χ4v) is 3.41. The molecule has 1 aromatic heterocycles. The molecule has 0 amide bonds. The smallest absolute Gasteiger partial charge is 0.323 e. The van der Waals surface area contributed by atoms with Crippen molar-refractivity contribution >= 4 is 11.7 Å². The average Bonchev–Trinajstić information content (AvgIpc) is 2.81. The summed E-state index contributed by atoms with van der Waals surface area (Å²) in [5.41, 5.74) is 2.53. The van der Waals surface area contributed by atoms with Crippen molar-refractivity contribution in [1.82, 2.24) is 9.55 Å². The number of nitrogens with one attached hydrogen (secondary N) is 1. The lowest BCUT2D eigenvalue weighted by Crippen LogP contribution is -2.28. The van der Waals surface area contributed by atoms with Gasteiger partial charge in [0, 0.05) is 17.7 Å². The van der Waals surface area contributed by atoms with Gasteiger partial charge in [-0.2, -0.15) is 0 Å². The molecular formula is C25H20FN3O3. The van der Waals surface area contributed by atoms with E-state index in [0.29, 0.717) is 17.7 Å². The first-order valence-electron chi connectivity index (χ1n) is 9.97. The van der Waals surface area contributed by atoms with Crippen LogP contribution in [0.4, 0.5) is 10.1 Å². The first-order chi connectivity index (χ1) is 15.5. The minimum Gasteiger partial charge on any atom is -0.480 e. The number of aromatic nitrogens is 2. The van der Waals surface area contributed by atoms with E-state index in [-0.39, 0.29) is 17.3 Å². The number of aliphatic carboxylic acids is 1. The van der Waals surface area contributed by atoms with Gasteiger partial charge in [-0.3, -0.25) is 14.2 Å². The Labute approximate surface area is 183 Å². The summed E-state index contributed by atoms with van der Waals surface area (Å²) in [6.45, 7) is -0.171. The van der Waals surface area contributed by atoms with Crippen molar-refractivity contribution < 1.29 is 14.3 Å². The van der Waals surface area contributed by atoms with E-state index < -0.39 is 18.1 Å². The molecule has 0 unspecified atom stereocenters. The molecule has 3 aromatic carbocycles. The highest BCUT2D eigenvalue weighted by Crippen LogP contribution is 2.23. The topological polar surface area (TPSA) is 84.2 Å². The van der Waals surface area contributed by atoms with Gasteiger partial charge in [-0.25, -0.2) is 9.37 Å². The standard InChI is InChI=1S/C25H20FN3O3/c26-21-9-5-4-8-20(21)18-12-10-17(11-13-18)14-27-22-15-28-24(19-6-2-1-3-7-19)29(25(22)32)16-23(30)31/h1-13,15,27H,14,16H2,(H,30,31). The van der Waals surface area contributed by atoms with E-state index in [9.17, 15) is 19.1 Å². The molecule has 0 aliphatic rings. The van der Waals surface area contributed by atoms with Crippen LogP contribution in [0.3, 0.4) is 0 Å². The molecule has 2 N–H and O–H groups in total. The first kappa shape index (κ1) is 21.0. The number of halogens is 1. The largest absolute Gasteiger partial charge is 0.480 e. The van der Waals surface area contributed by atoms with E-state index in [0.717, 1.165) is 15.7 Å². The molecule has 0 fully saturated rings. The van der Waals surface area contributed by atoms with Crippen LogP contribution in [0.1, 0.15) is 5.56 Å². The molecule has 0 aliphatic heterocycles. The van der Waals surface area contributed by atoms with Crippen LogP contribution in [0.15, 0.2) is 89.9 Å². The van der Waals surface area contributed by atoms with Crippen LogP contribution < -0.4 is 10.9 Å². The lowest BCUT2D eigenvalue weighted by Gasteiger charge is -2.13. The fraction of sp³-hybridized carbons (Fsp3) is 0.0800. The van der Waals surface area contributed by atoms with Crippen molar-refractivity contribution in [3.8, 4) is 22.5 Å². The number of benzene rings is 3. The second kappa shape index (κ2) is 9.26. The molecule has 4 rings (SSSR count).